The van der Waals surface area contributed by atoms with Gasteiger partial charge in [-0.3, -0.25) is 4.79 Å². The molecule has 0 spiro atoms. The van der Waals surface area contributed by atoms with Crippen LogP contribution >= 0.6 is 22.9 Å². The van der Waals surface area contributed by atoms with Crippen LogP contribution in [0.25, 0.3) is 21.5 Å². The highest BCUT2D eigenvalue weighted by Gasteiger charge is 2.18. The number of aromatic nitrogens is 1. The van der Waals surface area contributed by atoms with Gasteiger partial charge in [0.15, 0.2) is 0 Å². The molecular weight excluding hydrogens is 306 g/mol. The van der Waals surface area contributed by atoms with Crippen LogP contribution in [0.5, 0.6) is 0 Å². The first kappa shape index (κ1) is 14.2. The summed E-state index contributed by atoms with van der Waals surface area (Å²) < 4.78 is 0.692. The number of carboxylic acid groups (broad SMARTS) is 1. The Bertz CT molecular complexity index is 847. The number of carboxylic acids is 1. The zero-order chi connectivity index (χ0) is 15.1. The van der Waals surface area contributed by atoms with Crippen LogP contribution in [0.1, 0.15) is 16.7 Å². The maximum atomic E-state index is 11.2. The average molecular weight is 320 g/mol. The third-order valence-corrected chi connectivity index (χ3v) is 4.75. The second-order valence-electron chi connectivity index (χ2n) is 5.16. The van der Waals surface area contributed by atoms with Crippen LogP contribution in [0.15, 0.2) is 24.3 Å². The van der Waals surface area contributed by atoms with Gasteiger partial charge in [0.1, 0.15) is 0 Å². The molecule has 0 radical (unpaired) electrons. The van der Waals surface area contributed by atoms with Crippen molar-refractivity contribution in [3.05, 3.63) is 45.3 Å². The van der Waals surface area contributed by atoms with Gasteiger partial charge in [0.25, 0.3) is 0 Å². The van der Waals surface area contributed by atoms with Crippen LogP contribution in [0.4, 0.5) is 0 Å². The molecule has 5 heteroatoms. The minimum atomic E-state index is -0.834. The van der Waals surface area contributed by atoms with E-state index >= 15 is 0 Å². The van der Waals surface area contributed by atoms with Gasteiger partial charge in [0.2, 0.25) is 0 Å². The molecule has 3 aromatic rings. The molecule has 0 saturated heterocycles. The molecule has 3 nitrogen and oxygen atoms in total. The van der Waals surface area contributed by atoms with Gasteiger partial charge in [0.05, 0.1) is 21.3 Å². The van der Waals surface area contributed by atoms with E-state index < -0.39 is 5.97 Å². The number of hydrogen-bond acceptors (Lipinski definition) is 2. The first-order valence-corrected chi connectivity index (χ1v) is 7.74. The van der Waals surface area contributed by atoms with Crippen LogP contribution in [0.3, 0.4) is 0 Å². The molecular formula is C16H14ClNO2S. The Morgan fingerprint density at radius 1 is 1.33 bits per heavy atom. The SMILES string of the molecule is Cc1cc(C)c2[nH]c(-c3ccc(Cl)s3)c(CC(=O)O)c2c1. The van der Waals surface area contributed by atoms with Crippen molar-refractivity contribution in [3.63, 3.8) is 0 Å². The summed E-state index contributed by atoms with van der Waals surface area (Å²) in [6.07, 6.45) is -0.00620. The Balaban J connectivity index is 2.32. The summed E-state index contributed by atoms with van der Waals surface area (Å²) in [5, 5.41) is 10.2. The minimum Gasteiger partial charge on any atom is -0.481 e. The van der Waals surface area contributed by atoms with E-state index in [2.05, 4.69) is 11.1 Å². The van der Waals surface area contributed by atoms with Gasteiger partial charge < -0.3 is 10.1 Å². The number of hydrogen-bond donors (Lipinski definition) is 2. The van der Waals surface area contributed by atoms with Crippen molar-refractivity contribution in [3.8, 4) is 10.6 Å². The molecule has 2 heterocycles. The van der Waals surface area contributed by atoms with E-state index in [-0.39, 0.29) is 6.42 Å². The van der Waals surface area contributed by atoms with E-state index in [0.29, 0.717) is 4.34 Å². The van der Waals surface area contributed by atoms with Crippen LogP contribution in [-0.2, 0) is 11.2 Å². The zero-order valence-corrected chi connectivity index (χ0v) is 13.2. The number of H-pyrrole nitrogens is 1. The van der Waals surface area contributed by atoms with Gasteiger partial charge in [-0.15, -0.1) is 11.3 Å². The lowest BCUT2D eigenvalue weighted by Crippen LogP contribution is -2.00. The molecule has 0 aliphatic heterocycles. The number of carbonyl (C=O) groups is 1. The van der Waals surface area contributed by atoms with Crippen LogP contribution in [0, 0.1) is 13.8 Å². The third-order valence-electron chi connectivity index (χ3n) is 3.50. The molecule has 0 atom stereocenters. The van der Waals surface area contributed by atoms with E-state index in [1.54, 1.807) is 0 Å². The number of halogens is 1. The molecule has 2 aromatic heterocycles. The molecule has 0 aliphatic rings. The maximum absolute atomic E-state index is 11.2. The minimum absolute atomic E-state index is 0.00620. The van der Waals surface area contributed by atoms with Gasteiger partial charge in [-0.25, -0.2) is 0 Å². The summed E-state index contributed by atoms with van der Waals surface area (Å²) >= 11 is 7.46. The Morgan fingerprint density at radius 2 is 2.10 bits per heavy atom. The van der Waals surface area contributed by atoms with Crippen molar-refractivity contribution in [2.75, 3.05) is 0 Å². The highest BCUT2D eigenvalue weighted by atomic mass is 35.5. The van der Waals surface area contributed by atoms with E-state index in [1.807, 2.05) is 32.0 Å². The number of rotatable bonds is 3. The molecule has 1 aromatic carbocycles. The van der Waals surface area contributed by atoms with Gasteiger partial charge in [0, 0.05) is 10.9 Å². The summed E-state index contributed by atoms with van der Waals surface area (Å²) in [5.41, 5.74) is 4.92. The monoisotopic (exact) mass is 319 g/mol. The van der Waals surface area contributed by atoms with E-state index in [0.717, 1.165) is 38.2 Å². The quantitative estimate of drug-likeness (QED) is 0.729. The second kappa shape index (κ2) is 5.20. The standard InChI is InChI=1S/C16H14ClNO2S/c1-8-5-9(2)15-10(6-8)11(7-14(19)20)16(18-15)12-3-4-13(17)21-12/h3-6,18H,7H2,1-2H3,(H,19,20). The van der Waals surface area contributed by atoms with Crippen molar-refractivity contribution in [1.82, 2.24) is 4.98 Å². The van der Waals surface area contributed by atoms with Crippen LogP contribution in [-0.4, -0.2) is 16.1 Å². The zero-order valence-electron chi connectivity index (χ0n) is 11.7. The number of aryl methyl sites for hydroxylation is 2. The van der Waals surface area contributed by atoms with E-state index in [1.165, 1.54) is 11.3 Å². The second-order valence-corrected chi connectivity index (χ2v) is 6.87. The predicted molar refractivity (Wildman–Crippen MR) is 87.4 cm³/mol. The molecule has 3 rings (SSSR count). The lowest BCUT2D eigenvalue weighted by atomic mass is 10.0. The molecule has 0 amide bonds. The molecule has 2 N–H and O–H groups in total. The molecule has 0 saturated carbocycles. The summed E-state index contributed by atoms with van der Waals surface area (Å²) in [4.78, 5) is 15.6. The van der Waals surface area contributed by atoms with Crippen molar-refractivity contribution in [2.45, 2.75) is 20.3 Å². The van der Waals surface area contributed by atoms with Crippen molar-refractivity contribution >= 4 is 39.8 Å². The van der Waals surface area contributed by atoms with E-state index in [9.17, 15) is 9.90 Å². The topological polar surface area (TPSA) is 53.1 Å². The Kier molecular flexibility index (Phi) is 3.51. The normalized spacial score (nSPS) is 11.2. The number of aromatic amines is 1. The average Bonchev–Trinajstić information content (AvgIpc) is 2.94. The van der Waals surface area contributed by atoms with E-state index in [4.69, 9.17) is 11.6 Å². The first-order chi connectivity index (χ1) is 9.95. The molecule has 0 bridgehead atoms. The maximum Gasteiger partial charge on any atom is 0.307 e. The number of benzene rings is 1. The Labute approximate surface area is 131 Å². The summed E-state index contributed by atoms with van der Waals surface area (Å²) in [7, 11) is 0. The number of thiophene rings is 1. The van der Waals surface area contributed by atoms with Crippen LogP contribution < -0.4 is 0 Å². The fraction of sp³-hybridized carbons (Fsp3) is 0.188. The lowest BCUT2D eigenvalue weighted by molar-refractivity contribution is -0.136. The van der Waals surface area contributed by atoms with Gasteiger partial charge in [-0.2, -0.15) is 0 Å². The molecule has 0 fully saturated rings. The Morgan fingerprint density at radius 3 is 2.71 bits per heavy atom. The van der Waals surface area contributed by atoms with Crippen LogP contribution in [0.2, 0.25) is 4.34 Å². The van der Waals surface area contributed by atoms with Crippen molar-refractivity contribution in [1.29, 1.82) is 0 Å². The number of nitrogens with one attached hydrogen (secondary N) is 1. The van der Waals surface area contributed by atoms with Gasteiger partial charge >= 0.3 is 5.97 Å². The first-order valence-electron chi connectivity index (χ1n) is 6.55. The van der Waals surface area contributed by atoms with Crippen molar-refractivity contribution < 1.29 is 9.90 Å². The summed E-state index contributed by atoms with van der Waals surface area (Å²) in [5.74, 6) is -0.834. The number of aliphatic carboxylic acids is 1. The van der Waals surface area contributed by atoms with Gasteiger partial charge in [-0.05, 0) is 43.2 Å². The predicted octanol–water partition coefficient (Wildman–Crippen LogP) is 4.79. The van der Waals surface area contributed by atoms with Gasteiger partial charge in [-0.1, -0.05) is 23.2 Å². The molecule has 21 heavy (non-hydrogen) atoms. The molecule has 108 valence electrons. The molecule has 0 unspecified atom stereocenters. The summed E-state index contributed by atoms with van der Waals surface area (Å²) in [6, 6.07) is 7.88. The smallest absolute Gasteiger partial charge is 0.307 e. The fourth-order valence-corrected chi connectivity index (χ4v) is 3.77. The molecule has 0 aliphatic carbocycles. The highest BCUT2D eigenvalue weighted by molar-refractivity contribution is 7.19. The Hall–Kier alpha value is -1.78. The number of fused-ring (bicyclic) bond motifs is 1. The fourth-order valence-electron chi connectivity index (χ4n) is 2.70. The summed E-state index contributed by atoms with van der Waals surface area (Å²) in [6.45, 7) is 4.05. The lowest BCUT2D eigenvalue weighted by Gasteiger charge is -2.01. The third kappa shape index (κ3) is 2.57. The largest absolute Gasteiger partial charge is 0.481 e. The highest BCUT2D eigenvalue weighted by Crippen LogP contribution is 2.37. The van der Waals surface area contributed by atoms with Crippen molar-refractivity contribution in [2.24, 2.45) is 0 Å².